The van der Waals surface area contributed by atoms with Crippen LogP contribution in [0.25, 0.3) is 0 Å². The number of nitrogens with zero attached hydrogens (tertiary/aromatic N) is 1. The summed E-state index contributed by atoms with van der Waals surface area (Å²) in [6.07, 6.45) is 0. The van der Waals surface area contributed by atoms with Crippen molar-refractivity contribution in [2.45, 2.75) is 13.0 Å². The molecule has 1 aliphatic rings. The number of thiophene rings is 1. The van der Waals surface area contributed by atoms with Crippen LogP contribution in [0.2, 0.25) is 0 Å². The van der Waals surface area contributed by atoms with Gasteiger partial charge in [-0.05, 0) is 42.6 Å². The molecule has 1 atom stereocenters. The zero-order valence-electron chi connectivity index (χ0n) is 14.9. The Morgan fingerprint density at radius 3 is 2.41 bits per heavy atom. The molecule has 2 N–H and O–H groups in total. The topological polar surface area (TPSA) is 87.7 Å². The van der Waals surface area contributed by atoms with Crippen molar-refractivity contribution in [3.8, 4) is 0 Å². The van der Waals surface area contributed by atoms with Gasteiger partial charge in [0.15, 0.2) is 0 Å². The SMILES string of the molecule is CC(NC(=O)c1ccc(NC(=O)c2cccs2)cc1)C(=O)N1CCOCC1. The molecule has 1 saturated heterocycles. The molecule has 7 nitrogen and oxygen atoms in total. The van der Waals surface area contributed by atoms with Crippen LogP contribution in [0, 0.1) is 0 Å². The molecule has 142 valence electrons. The molecule has 27 heavy (non-hydrogen) atoms. The molecule has 1 fully saturated rings. The lowest BCUT2D eigenvalue weighted by Gasteiger charge is -2.29. The van der Waals surface area contributed by atoms with Crippen LogP contribution in [-0.4, -0.2) is 55.0 Å². The number of carbonyl (C=O) groups excluding carboxylic acids is 3. The van der Waals surface area contributed by atoms with Crippen LogP contribution in [0.15, 0.2) is 41.8 Å². The summed E-state index contributed by atoms with van der Waals surface area (Å²) in [5.41, 5.74) is 1.02. The lowest BCUT2D eigenvalue weighted by atomic mass is 10.1. The number of benzene rings is 1. The molecule has 0 radical (unpaired) electrons. The highest BCUT2D eigenvalue weighted by Gasteiger charge is 2.24. The third-order valence-electron chi connectivity index (χ3n) is 4.19. The molecule has 1 aliphatic heterocycles. The molecule has 0 bridgehead atoms. The second kappa shape index (κ2) is 8.79. The number of ether oxygens (including phenoxy) is 1. The highest BCUT2D eigenvalue weighted by molar-refractivity contribution is 7.12. The van der Waals surface area contributed by atoms with Crippen LogP contribution < -0.4 is 10.6 Å². The predicted molar refractivity (Wildman–Crippen MR) is 103 cm³/mol. The number of hydrogen-bond acceptors (Lipinski definition) is 5. The van der Waals surface area contributed by atoms with Crippen molar-refractivity contribution >= 4 is 34.7 Å². The first-order valence-electron chi connectivity index (χ1n) is 8.67. The van der Waals surface area contributed by atoms with Crippen LogP contribution in [0.3, 0.4) is 0 Å². The number of nitrogens with one attached hydrogen (secondary N) is 2. The Morgan fingerprint density at radius 2 is 1.78 bits per heavy atom. The fourth-order valence-corrected chi connectivity index (χ4v) is 3.32. The van der Waals surface area contributed by atoms with E-state index >= 15 is 0 Å². The van der Waals surface area contributed by atoms with E-state index in [0.717, 1.165) is 0 Å². The van der Waals surface area contributed by atoms with Gasteiger partial charge in [0.05, 0.1) is 18.1 Å². The highest BCUT2D eigenvalue weighted by atomic mass is 32.1. The quantitative estimate of drug-likeness (QED) is 0.821. The monoisotopic (exact) mass is 387 g/mol. The van der Waals surface area contributed by atoms with Crippen molar-refractivity contribution in [1.82, 2.24) is 10.2 Å². The van der Waals surface area contributed by atoms with E-state index < -0.39 is 6.04 Å². The lowest BCUT2D eigenvalue weighted by molar-refractivity contribution is -0.136. The minimum absolute atomic E-state index is 0.119. The zero-order valence-corrected chi connectivity index (χ0v) is 15.8. The molecule has 0 aliphatic carbocycles. The van der Waals surface area contributed by atoms with E-state index in [1.807, 2.05) is 11.4 Å². The molecule has 1 unspecified atom stereocenters. The van der Waals surface area contributed by atoms with Crippen molar-refractivity contribution in [1.29, 1.82) is 0 Å². The second-order valence-electron chi connectivity index (χ2n) is 6.14. The first-order chi connectivity index (χ1) is 13.0. The van der Waals surface area contributed by atoms with E-state index in [-0.39, 0.29) is 17.7 Å². The average Bonchev–Trinajstić information content (AvgIpc) is 3.23. The van der Waals surface area contributed by atoms with E-state index in [0.29, 0.717) is 42.4 Å². The number of hydrogen-bond donors (Lipinski definition) is 2. The van der Waals surface area contributed by atoms with E-state index in [2.05, 4.69) is 10.6 Å². The average molecular weight is 387 g/mol. The van der Waals surface area contributed by atoms with Gasteiger partial charge in [0.2, 0.25) is 5.91 Å². The number of anilines is 1. The van der Waals surface area contributed by atoms with E-state index in [4.69, 9.17) is 4.74 Å². The predicted octanol–water partition coefficient (Wildman–Crippen LogP) is 1.98. The molecular formula is C19H21N3O4S. The maximum atomic E-state index is 12.4. The fraction of sp³-hybridized carbons (Fsp3) is 0.316. The minimum atomic E-state index is -0.617. The first-order valence-corrected chi connectivity index (χ1v) is 9.55. The summed E-state index contributed by atoms with van der Waals surface area (Å²) < 4.78 is 5.23. The van der Waals surface area contributed by atoms with Crippen LogP contribution in [0.4, 0.5) is 5.69 Å². The first kappa shape index (κ1) is 19.1. The van der Waals surface area contributed by atoms with Gasteiger partial charge in [0.25, 0.3) is 11.8 Å². The summed E-state index contributed by atoms with van der Waals surface area (Å²) in [7, 11) is 0. The third-order valence-corrected chi connectivity index (χ3v) is 5.06. The van der Waals surface area contributed by atoms with Crippen molar-refractivity contribution in [2.75, 3.05) is 31.6 Å². The van der Waals surface area contributed by atoms with Crippen LogP contribution in [-0.2, 0) is 9.53 Å². The Hall–Kier alpha value is -2.71. The smallest absolute Gasteiger partial charge is 0.265 e. The molecule has 1 aromatic carbocycles. The van der Waals surface area contributed by atoms with Gasteiger partial charge in [-0.3, -0.25) is 14.4 Å². The second-order valence-corrected chi connectivity index (χ2v) is 7.09. The van der Waals surface area contributed by atoms with Gasteiger partial charge < -0.3 is 20.3 Å². The van der Waals surface area contributed by atoms with Crippen LogP contribution >= 0.6 is 11.3 Å². The Balaban J connectivity index is 1.55. The minimum Gasteiger partial charge on any atom is -0.378 e. The van der Waals surface area contributed by atoms with Crippen LogP contribution in [0.5, 0.6) is 0 Å². The Morgan fingerprint density at radius 1 is 1.07 bits per heavy atom. The lowest BCUT2D eigenvalue weighted by Crippen LogP contribution is -2.50. The molecule has 2 heterocycles. The molecule has 2 aromatic rings. The van der Waals surface area contributed by atoms with Crippen LogP contribution in [0.1, 0.15) is 27.0 Å². The maximum Gasteiger partial charge on any atom is 0.265 e. The van der Waals surface area contributed by atoms with E-state index in [9.17, 15) is 14.4 Å². The van der Waals surface area contributed by atoms with Gasteiger partial charge in [-0.2, -0.15) is 0 Å². The van der Waals surface area contributed by atoms with Gasteiger partial charge in [-0.1, -0.05) is 6.07 Å². The van der Waals surface area contributed by atoms with Gasteiger partial charge in [0, 0.05) is 24.3 Å². The number of carbonyl (C=O) groups is 3. The van der Waals surface area contributed by atoms with Crippen molar-refractivity contribution < 1.29 is 19.1 Å². The Labute approximate surface area is 161 Å². The summed E-state index contributed by atoms with van der Waals surface area (Å²) in [4.78, 5) is 39.1. The highest BCUT2D eigenvalue weighted by Crippen LogP contribution is 2.14. The van der Waals surface area contributed by atoms with Gasteiger partial charge >= 0.3 is 0 Å². The van der Waals surface area contributed by atoms with Gasteiger partial charge in [0.1, 0.15) is 6.04 Å². The summed E-state index contributed by atoms with van der Waals surface area (Å²) in [5.74, 6) is -0.640. The molecule has 0 saturated carbocycles. The molecule has 8 heteroatoms. The van der Waals surface area contributed by atoms with Gasteiger partial charge in [-0.15, -0.1) is 11.3 Å². The third kappa shape index (κ3) is 4.93. The maximum absolute atomic E-state index is 12.4. The molecule has 3 rings (SSSR count). The van der Waals surface area contributed by atoms with Crippen molar-refractivity contribution in [3.63, 3.8) is 0 Å². The largest absolute Gasteiger partial charge is 0.378 e. The summed E-state index contributed by atoms with van der Waals surface area (Å²) in [6, 6.07) is 9.50. The van der Waals surface area contributed by atoms with Crippen molar-refractivity contribution in [2.24, 2.45) is 0 Å². The molecule has 1 aromatic heterocycles. The standard InChI is InChI=1S/C19H21N3O4S/c1-13(19(25)22-8-10-26-11-9-22)20-17(23)14-4-6-15(7-5-14)21-18(24)16-3-2-12-27-16/h2-7,12-13H,8-11H2,1H3,(H,20,23)(H,21,24). The van der Waals surface area contributed by atoms with Crippen molar-refractivity contribution in [3.05, 3.63) is 52.2 Å². The molecule has 0 spiro atoms. The summed E-state index contributed by atoms with van der Waals surface area (Å²) >= 11 is 1.36. The Bertz CT molecular complexity index is 799. The number of morpholine rings is 1. The summed E-state index contributed by atoms with van der Waals surface area (Å²) in [6.45, 7) is 3.79. The Kier molecular flexibility index (Phi) is 6.20. The normalized spacial score (nSPS) is 15.1. The number of rotatable bonds is 5. The van der Waals surface area contributed by atoms with E-state index in [1.165, 1.54) is 11.3 Å². The summed E-state index contributed by atoms with van der Waals surface area (Å²) in [5, 5.41) is 7.33. The number of amides is 3. The zero-order chi connectivity index (χ0) is 19.2. The van der Waals surface area contributed by atoms with Gasteiger partial charge in [-0.25, -0.2) is 0 Å². The molecule has 3 amide bonds. The van der Waals surface area contributed by atoms with E-state index in [1.54, 1.807) is 42.2 Å². The fourth-order valence-electron chi connectivity index (χ4n) is 2.70. The molecular weight excluding hydrogens is 366 g/mol.